The molecular formula is C15H21FN2. The molecule has 18 heavy (non-hydrogen) atoms. The Morgan fingerprint density at radius 2 is 2.22 bits per heavy atom. The number of benzene rings is 1. The summed E-state index contributed by atoms with van der Waals surface area (Å²) in [6.45, 7) is 2.34. The van der Waals surface area contributed by atoms with E-state index < -0.39 is 0 Å². The van der Waals surface area contributed by atoms with Gasteiger partial charge in [0.2, 0.25) is 0 Å². The Morgan fingerprint density at radius 3 is 3.06 bits per heavy atom. The van der Waals surface area contributed by atoms with Crippen LogP contribution >= 0.6 is 0 Å². The summed E-state index contributed by atoms with van der Waals surface area (Å²) in [5, 5.41) is 3.76. The number of likely N-dealkylation sites (N-methyl/N-ethyl adjacent to an activating group) is 1. The highest BCUT2D eigenvalue weighted by molar-refractivity contribution is 5.35. The lowest BCUT2D eigenvalue weighted by Crippen LogP contribution is -2.44. The second-order valence-corrected chi connectivity index (χ2v) is 5.70. The molecule has 1 saturated heterocycles. The summed E-state index contributed by atoms with van der Waals surface area (Å²) in [7, 11) is 2.19. The van der Waals surface area contributed by atoms with Gasteiger partial charge in [-0.05, 0) is 62.5 Å². The Kier molecular flexibility index (Phi) is 3.35. The van der Waals surface area contributed by atoms with E-state index in [9.17, 15) is 4.39 Å². The van der Waals surface area contributed by atoms with E-state index in [-0.39, 0.29) is 5.82 Å². The normalized spacial score (nSPS) is 28.3. The number of nitrogens with zero attached hydrogens (tertiary/aromatic N) is 1. The van der Waals surface area contributed by atoms with Crippen LogP contribution in [0.5, 0.6) is 0 Å². The Hall–Kier alpha value is -0.930. The van der Waals surface area contributed by atoms with E-state index in [4.69, 9.17) is 0 Å². The van der Waals surface area contributed by atoms with Gasteiger partial charge in [-0.15, -0.1) is 0 Å². The van der Waals surface area contributed by atoms with Crippen LogP contribution in [-0.2, 0) is 6.42 Å². The van der Waals surface area contributed by atoms with Crippen LogP contribution in [0.25, 0.3) is 0 Å². The van der Waals surface area contributed by atoms with Crippen molar-refractivity contribution >= 4 is 0 Å². The first kappa shape index (κ1) is 12.1. The van der Waals surface area contributed by atoms with Gasteiger partial charge in [-0.1, -0.05) is 6.07 Å². The number of nitrogens with one attached hydrogen (secondary N) is 1. The smallest absolute Gasteiger partial charge is 0.123 e. The quantitative estimate of drug-likeness (QED) is 0.865. The molecule has 0 radical (unpaired) electrons. The van der Waals surface area contributed by atoms with E-state index in [0.29, 0.717) is 12.1 Å². The molecule has 1 aliphatic heterocycles. The Morgan fingerprint density at radius 1 is 1.33 bits per heavy atom. The molecule has 0 saturated carbocycles. The molecule has 98 valence electrons. The van der Waals surface area contributed by atoms with Crippen molar-refractivity contribution < 1.29 is 4.39 Å². The van der Waals surface area contributed by atoms with E-state index in [1.54, 1.807) is 12.1 Å². The van der Waals surface area contributed by atoms with Gasteiger partial charge in [0.25, 0.3) is 0 Å². The summed E-state index contributed by atoms with van der Waals surface area (Å²) in [4.78, 5) is 2.39. The van der Waals surface area contributed by atoms with E-state index in [2.05, 4.69) is 17.3 Å². The minimum atomic E-state index is -0.105. The van der Waals surface area contributed by atoms with Crippen LogP contribution in [-0.4, -0.2) is 31.1 Å². The van der Waals surface area contributed by atoms with Crippen molar-refractivity contribution in [3.05, 3.63) is 35.1 Å². The summed E-state index contributed by atoms with van der Waals surface area (Å²) in [6.07, 6.45) is 4.65. The average molecular weight is 248 g/mol. The lowest BCUT2D eigenvalue weighted by molar-refractivity contribution is 0.216. The Balaban J connectivity index is 1.69. The minimum absolute atomic E-state index is 0.105. The molecular weight excluding hydrogens is 227 g/mol. The fourth-order valence-corrected chi connectivity index (χ4v) is 3.35. The number of halogens is 1. The molecule has 2 nitrogen and oxygen atoms in total. The van der Waals surface area contributed by atoms with Gasteiger partial charge in [0.05, 0.1) is 0 Å². The number of hydrogen-bond donors (Lipinski definition) is 1. The Labute approximate surface area is 108 Å². The molecule has 2 aliphatic rings. The van der Waals surface area contributed by atoms with Crippen molar-refractivity contribution in [3.63, 3.8) is 0 Å². The highest BCUT2D eigenvalue weighted by atomic mass is 19.1. The summed E-state index contributed by atoms with van der Waals surface area (Å²) in [5.74, 6) is -0.105. The van der Waals surface area contributed by atoms with E-state index in [1.807, 2.05) is 6.07 Å². The zero-order valence-corrected chi connectivity index (χ0v) is 11.0. The maximum Gasteiger partial charge on any atom is 0.123 e. The van der Waals surface area contributed by atoms with E-state index in [0.717, 1.165) is 19.4 Å². The van der Waals surface area contributed by atoms with Gasteiger partial charge in [-0.3, -0.25) is 0 Å². The predicted molar refractivity (Wildman–Crippen MR) is 71.1 cm³/mol. The molecule has 0 spiro atoms. The molecule has 0 amide bonds. The number of fused-ring (bicyclic) bond motifs is 1. The minimum Gasteiger partial charge on any atom is -0.306 e. The summed E-state index contributed by atoms with van der Waals surface area (Å²) < 4.78 is 13.2. The first-order valence-corrected chi connectivity index (χ1v) is 6.95. The molecule has 1 fully saturated rings. The second-order valence-electron chi connectivity index (χ2n) is 5.70. The van der Waals surface area contributed by atoms with Crippen LogP contribution in [0.3, 0.4) is 0 Å². The van der Waals surface area contributed by atoms with Crippen LogP contribution in [0, 0.1) is 5.82 Å². The van der Waals surface area contributed by atoms with Crippen LogP contribution in [0.1, 0.15) is 36.4 Å². The highest BCUT2D eigenvalue weighted by Crippen LogP contribution is 2.32. The van der Waals surface area contributed by atoms with Crippen molar-refractivity contribution in [1.82, 2.24) is 10.2 Å². The molecule has 0 bridgehead atoms. The molecule has 1 heterocycles. The highest BCUT2D eigenvalue weighted by Gasteiger charge is 2.26. The van der Waals surface area contributed by atoms with Crippen LogP contribution in [0.2, 0.25) is 0 Å². The molecule has 3 heteroatoms. The molecule has 1 aromatic rings. The van der Waals surface area contributed by atoms with E-state index in [1.165, 1.54) is 30.5 Å². The third kappa shape index (κ3) is 2.43. The number of likely N-dealkylation sites (tertiary alicyclic amines) is 1. The Bertz CT molecular complexity index is 433. The van der Waals surface area contributed by atoms with Gasteiger partial charge >= 0.3 is 0 Å². The first-order valence-electron chi connectivity index (χ1n) is 6.95. The standard InChI is InChI=1S/C15H21FN2/c1-18-8-2-3-13(10-18)17-15-7-4-11-9-12(16)5-6-14(11)15/h5-6,9,13,15,17H,2-4,7-8,10H2,1H3. The van der Waals surface area contributed by atoms with E-state index >= 15 is 0 Å². The van der Waals surface area contributed by atoms with Crippen molar-refractivity contribution in [3.8, 4) is 0 Å². The van der Waals surface area contributed by atoms with Gasteiger partial charge < -0.3 is 10.2 Å². The van der Waals surface area contributed by atoms with Crippen molar-refractivity contribution in [2.24, 2.45) is 0 Å². The molecule has 3 rings (SSSR count). The molecule has 1 aliphatic carbocycles. The maximum absolute atomic E-state index is 13.2. The van der Waals surface area contributed by atoms with Gasteiger partial charge in [-0.25, -0.2) is 4.39 Å². The number of rotatable bonds is 2. The van der Waals surface area contributed by atoms with Gasteiger partial charge in [-0.2, -0.15) is 0 Å². The fourth-order valence-electron chi connectivity index (χ4n) is 3.35. The summed E-state index contributed by atoms with van der Waals surface area (Å²) in [6, 6.07) is 6.26. The predicted octanol–water partition coefficient (Wildman–Crippen LogP) is 2.50. The zero-order chi connectivity index (χ0) is 12.5. The SMILES string of the molecule is CN1CCCC(NC2CCc3cc(F)ccc32)C1. The first-order chi connectivity index (χ1) is 8.72. The van der Waals surface area contributed by atoms with Gasteiger partial charge in [0, 0.05) is 18.6 Å². The molecule has 0 aromatic heterocycles. The number of aryl methyl sites for hydroxylation is 1. The largest absolute Gasteiger partial charge is 0.306 e. The van der Waals surface area contributed by atoms with Crippen LogP contribution in [0.4, 0.5) is 4.39 Å². The molecule has 2 unspecified atom stereocenters. The zero-order valence-electron chi connectivity index (χ0n) is 11.0. The lowest BCUT2D eigenvalue weighted by atomic mass is 10.0. The third-order valence-corrected chi connectivity index (χ3v) is 4.24. The maximum atomic E-state index is 13.2. The third-order valence-electron chi connectivity index (χ3n) is 4.24. The fraction of sp³-hybridized carbons (Fsp3) is 0.600. The average Bonchev–Trinajstić information content (AvgIpc) is 2.72. The summed E-state index contributed by atoms with van der Waals surface area (Å²) >= 11 is 0. The summed E-state index contributed by atoms with van der Waals surface area (Å²) in [5.41, 5.74) is 2.50. The van der Waals surface area contributed by atoms with Crippen molar-refractivity contribution in [2.45, 2.75) is 37.8 Å². The number of piperidine rings is 1. The molecule has 1 N–H and O–H groups in total. The number of hydrogen-bond acceptors (Lipinski definition) is 2. The monoisotopic (exact) mass is 248 g/mol. The lowest BCUT2D eigenvalue weighted by Gasteiger charge is -2.32. The van der Waals surface area contributed by atoms with Crippen molar-refractivity contribution in [1.29, 1.82) is 0 Å². The molecule has 2 atom stereocenters. The molecule has 1 aromatic carbocycles. The van der Waals surface area contributed by atoms with Crippen LogP contribution < -0.4 is 5.32 Å². The second kappa shape index (κ2) is 4.98. The van der Waals surface area contributed by atoms with Gasteiger partial charge in [0.1, 0.15) is 5.82 Å². The van der Waals surface area contributed by atoms with Crippen molar-refractivity contribution in [2.75, 3.05) is 20.1 Å². The van der Waals surface area contributed by atoms with Crippen LogP contribution in [0.15, 0.2) is 18.2 Å². The topological polar surface area (TPSA) is 15.3 Å². The van der Waals surface area contributed by atoms with Gasteiger partial charge in [0.15, 0.2) is 0 Å².